The molecule has 3 aliphatic heterocycles. The van der Waals surface area contributed by atoms with Crippen molar-refractivity contribution in [2.45, 2.75) is 59.3 Å². The van der Waals surface area contributed by atoms with Gasteiger partial charge >= 0.3 is 0 Å². The molecule has 3 heterocycles. The highest BCUT2D eigenvalue weighted by molar-refractivity contribution is 6.07. The Morgan fingerprint density at radius 2 is 1.55 bits per heavy atom. The Kier molecular flexibility index (Phi) is 2.57. The molecule has 3 aliphatic rings. The van der Waals surface area contributed by atoms with E-state index in [-0.39, 0.29) is 41.3 Å². The van der Waals surface area contributed by atoms with E-state index in [2.05, 4.69) is 26.8 Å². The Morgan fingerprint density at radius 1 is 1.00 bits per heavy atom. The summed E-state index contributed by atoms with van der Waals surface area (Å²) in [6, 6.07) is 0. The van der Waals surface area contributed by atoms with Gasteiger partial charge in [0.15, 0.2) is 0 Å². The van der Waals surface area contributed by atoms with Crippen LogP contribution in [0.25, 0.3) is 0 Å². The number of hydrogen-bond donors (Lipinski definition) is 0. The summed E-state index contributed by atoms with van der Waals surface area (Å²) >= 11 is 0. The molecule has 2 amide bonds. The van der Waals surface area contributed by atoms with Gasteiger partial charge in [-0.2, -0.15) is 0 Å². The second-order valence-electron chi connectivity index (χ2n) is 8.13. The Labute approximate surface area is 120 Å². The first-order chi connectivity index (χ1) is 9.03. The van der Waals surface area contributed by atoms with Crippen LogP contribution < -0.4 is 0 Å². The molecular weight excluding hydrogens is 254 g/mol. The summed E-state index contributed by atoms with van der Waals surface area (Å²) in [5.41, 5.74) is 0.684. The summed E-state index contributed by atoms with van der Waals surface area (Å²) in [7, 11) is 0. The molecule has 0 aromatic rings. The Bertz CT molecular complexity index is 521. The lowest BCUT2D eigenvalue weighted by atomic mass is 9.73. The smallest absolute Gasteiger partial charge is 0.236 e. The molecule has 4 atom stereocenters. The average molecular weight is 277 g/mol. The quantitative estimate of drug-likeness (QED) is 0.503. The number of likely N-dealkylation sites (tertiary alicyclic amines) is 1. The zero-order valence-electron chi connectivity index (χ0n) is 13.1. The van der Waals surface area contributed by atoms with Crippen molar-refractivity contribution < 1.29 is 14.3 Å². The van der Waals surface area contributed by atoms with Gasteiger partial charge in [-0.3, -0.25) is 14.5 Å². The van der Waals surface area contributed by atoms with E-state index < -0.39 is 5.54 Å². The first kappa shape index (κ1) is 13.8. The van der Waals surface area contributed by atoms with E-state index in [0.29, 0.717) is 0 Å². The molecule has 0 aromatic heterocycles. The van der Waals surface area contributed by atoms with Gasteiger partial charge in [0.1, 0.15) is 0 Å². The standard InChI is InChI=1S/C16H23NO3/c1-15(2,3)8-7-9-10-11(12(8)20-9)14(19)17(13(10)18)16(4,5)6/h7,9-12H,1-6H3. The van der Waals surface area contributed by atoms with Crippen LogP contribution in [0.3, 0.4) is 0 Å². The number of ether oxygens (including phenoxy) is 1. The molecule has 0 radical (unpaired) electrons. The topological polar surface area (TPSA) is 46.6 Å². The van der Waals surface area contributed by atoms with E-state index >= 15 is 0 Å². The minimum absolute atomic E-state index is 0.0249. The number of rotatable bonds is 0. The van der Waals surface area contributed by atoms with Crippen molar-refractivity contribution in [2.75, 3.05) is 0 Å². The first-order valence-corrected chi connectivity index (χ1v) is 7.29. The van der Waals surface area contributed by atoms with Gasteiger partial charge in [0.25, 0.3) is 0 Å². The highest BCUT2D eigenvalue weighted by atomic mass is 16.5. The van der Waals surface area contributed by atoms with E-state index in [1.165, 1.54) is 10.5 Å². The van der Waals surface area contributed by atoms with Crippen molar-refractivity contribution >= 4 is 11.8 Å². The highest BCUT2D eigenvalue weighted by Crippen LogP contribution is 2.52. The summed E-state index contributed by atoms with van der Waals surface area (Å²) in [6.07, 6.45) is 1.64. The molecule has 3 rings (SSSR count). The maximum atomic E-state index is 12.7. The molecule has 0 spiro atoms. The predicted octanol–water partition coefficient (Wildman–Crippen LogP) is 2.14. The monoisotopic (exact) mass is 277 g/mol. The fourth-order valence-corrected chi connectivity index (χ4v) is 3.73. The molecule has 2 fully saturated rings. The number of imide groups is 1. The van der Waals surface area contributed by atoms with Crippen molar-refractivity contribution in [2.24, 2.45) is 17.3 Å². The lowest BCUT2D eigenvalue weighted by Gasteiger charge is -2.32. The number of nitrogens with zero attached hydrogens (tertiary/aromatic N) is 1. The minimum Gasteiger partial charge on any atom is -0.365 e. The van der Waals surface area contributed by atoms with Gasteiger partial charge in [0.05, 0.1) is 24.0 Å². The van der Waals surface area contributed by atoms with E-state index in [0.717, 1.165) is 0 Å². The third-order valence-corrected chi connectivity index (χ3v) is 4.57. The lowest BCUT2D eigenvalue weighted by Crippen LogP contribution is -2.47. The Morgan fingerprint density at radius 3 is 2.05 bits per heavy atom. The third kappa shape index (κ3) is 1.63. The van der Waals surface area contributed by atoms with Crippen LogP contribution in [0, 0.1) is 17.3 Å². The molecule has 2 bridgehead atoms. The first-order valence-electron chi connectivity index (χ1n) is 7.29. The third-order valence-electron chi connectivity index (χ3n) is 4.57. The summed E-state index contributed by atoms with van der Waals surface area (Å²) in [6.45, 7) is 12.1. The van der Waals surface area contributed by atoms with Crippen LogP contribution in [0.4, 0.5) is 0 Å². The number of amides is 2. The van der Waals surface area contributed by atoms with E-state index in [1.54, 1.807) is 0 Å². The van der Waals surface area contributed by atoms with Crippen LogP contribution in [-0.2, 0) is 14.3 Å². The molecule has 4 nitrogen and oxygen atoms in total. The predicted molar refractivity (Wildman–Crippen MR) is 74.8 cm³/mol. The van der Waals surface area contributed by atoms with Gasteiger partial charge in [-0.05, 0) is 31.8 Å². The second kappa shape index (κ2) is 3.73. The maximum absolute atomic E-state index is 12.7. The van der Waals surface area contributed by atoms with Gasteiger partial charge in [0, 0.05) is 5.54 Å². The zero-order valence-corrected chi connectivity index (χ0v) is 13.1. The Hall–Kier alpha value is -1.16. The fourth-order valence-electron chi connectivity index (χ4n) is 3.73. The summed E-state index contributed by atoms with van der Waals surface area (Å²) in [4.78, 5) is 26.7. The maximum Gasteiger partial charge on any atom is 0.236 e. The van der Waals surface area contributed by atoms with Crippen molar-refractivity contribution in [3.8, 4) is 0 Å². The van der Waals surface area contributed by atoms with Crippen LogP contribution in [0.15, 0.2) is 11.6 Å². The van der Waals surface area contributed by atoms with E-state index in [4.69, 9.17) is 4.74 Å². The average Bonchev–Trinajstić information content (AvgIpc) is 2.87. The molecule has 0 aliphatic carbocycles. The second-order valence-corrected chi connectivity index (χ2v) is 8.13. The SMILES string of the molecule is CC(C)(C)C1=CC2OC1C1C(=O)N(C(C)(C)C)C(=O)C21. The van der Waals surface area contributed by atoms with Crippen LogP contribution >= 0.6 is 0 Å². The van der Waals surface area contributed by atoms with Gasteiger partial charge in [-0.15, -0.1) is 0 Å². The van der Waals surface area contributed by atoms with Crippen molar-refractivity contribution in [1.29, 1.82) is 0 Å². The fraction of sp³-hybridized carbons (Fsp3) is 0.750. The van der Waals surface area contributed by atoms with Crippen LogP contribution in [0.1, 0.15) is 41.5 Å². The van der Waals surface area contributed by atoms with Gasteiger partial charge in [0.2, 0.25) is 11.8 Å². The molecule has 0 saturated carbocycles. The van der Waals surface area contributed by atoms with Crippen molar-refractivity contribution in [3.63, 3.8) is 0 Å². The number of carbonyl (C=O) groups is 2. The summed E-state index contributed by atoms with van der Waals surface area (Å²) in [5, 5.41) is 0. The molecule has 4 unspecified atom stereocenters. The van der Waals surface area contributed by atoms with Crippen molar-refractivity contribution in [3.05, 3.63) is 11.6 Å². The van der Waals surface area contributed by atoms with Crippen LogP contribution in [0.5, 0.6) is 0 Å². The molecule has 110 valence electrons. The van der Waals surface area contributed by atoms with Gasteiger partial charge in [-0.25, -0.2) is 0 Å². The van der Waals surface area contributed by atoms with Gasteiger partial charge < -0.3 is 4.74 Å². The van der Waals surface area contributed by atoms with Crippen LogP contribution in [-0.4, -0.2) is 34.5 Å². The highest BCUT2D eigenvalue weighted by Gasteiger charge is 2.64. The molecule has 20 heavy (non-hydrogen) atoms. The normalized spacial score (nSPS) is 36.7. The van der Waals surface area contributed by atoms with E-state index in [9.17, 15) is 9.59 Å². The number of carbonyl (C=O) groups excluding carboxylic acids is 2. The molecule has 0 aromatic carbocycles. The summed E-state index contributed by atoms with van der Waals surface area (Å²) in [5.74, 6) is -0.747. The molecule has 4 heteroatoms. The molecule has 0 N–H and O–H groups in total. The molecular formula is C16H23NO3. The van der Waals surface area contributed by atoms with E-state index in [1.807, 2.05) is 20.8 Å². The zero-order chi connectivity index (χ0) is 15.0. The Balaban J connectivity index is 1.99. The minimum atomic E-state index is -0.458. The van der Waals surface area contributed by atoms with Crippen LogP contribution in [0.2, 0.25) is 0 Å². The molecule has 2 saturated heterocycles. The summed E-state index contributed by atoms with van der Waals surface area (Å²) < 4.78 is 5.92. The van der Waals surface area contributed by atoms with Gasteiger partial charge in [-0.1, -0.05) is 26.8 Å². The van der Waals surface area contributed by atoms with Crippen molar-refractivity contribution in [1.82, 2.24) is 4.90 Å². The number of hydrogen-bond acceptors (Lipinski definition) is 3. The largest absolute Gasteiger partial charge is 0.365 e. The number of fused-ring (bicyclic) bond motifs is 5. The lowest BCUT2D eigenvalue weighted by molar-refractivity contribution is -0.147.